The van der Waals surface area contributed by atoms with Gasteiger partial charge < -0.3 is 4.90 Å². The molecule has 1 saturated heterocycles. The number of nitrogens with zero attached hydrogens (tertiary/aromatic N) is 1. The van der Waals surface area contributed by atoms with Crippen molar-refractivity contribution in [2.24, 2.45) is 23.7 Å². The minimum Gasteiger partial charge on any atom is -0.301 e. The fourth-order valence-electron chi connectivity index (χ4n) is 3.39. The van der Waals surface area contributed by atoms with Gasteiger partial charge in [-0.2, -0.15) is 0 Å². The van der Waals surface area contributed by atoms with Crippen LogP contribution in [-0.2, 0) is 0 Å². The zero-order chi connectivity index (χ0) is 13.7. The molecule has 108 valence electrons. The van der Waals surface area contributed by atoms with Crippen molar-refractivity contribution in [3.63, 3.8) is 0 Å². The smallest absolute Gasteiger partial charge is 0.00695 e. The summed E-state index contributed by atoms with van der Waals surface area (Å²) in [7, 11) is 0. The van der Waals surface area contributed by atoms with E-state index in [0.29, 0.717) is 0 Å². The molecule has 1 aliphatic heterocycles. The third kappa shape index (κ3) is 4.57. The van der Waals surface area contributed by atoms with Gasteiger partial charge in [0.2, 0.25) is 0 Å². The molecule has 1 heterocycles. The molecule has 1 rings (SSSR count). The van der Waals surface area contributed by atoms with Gasteiger partial charge in [0.1, 0.15) is 0 Å². The first-order valence-electron chi connectivity index (χ1n) is 8.17. The number of hydrogen-bond acceptors (Lipinski definition) is 1. The van der Waals surface area contributed by atoms with Gasteiger partial charge in [0.25, 0.3) is 0 Å². The normalized spacial score (nSPS) is 24.8. The van der Waals surface area contributed by atoms with Crippen LogP contribution in [0.5, 0.6) is 0 Å². The van der Waals surface area contributed by atoms with E-state index in [1.54, 1.807) is 0 Å². The first kappa shape index (κ1) is 16.0. The van der Waals surface area contributed by atoms with E-state index in [1.165, 1.54) is 38.8 Å². The van der Waals surface area contributed by atoms with Crippen LogP contribution in [0.15, 0.2) is 0 Å². The zero-order valence-corrected chi connectivity index (χ0v) is 13.6. The highest BCUT2D eigenvalue weighted by Gasteiger charge is 2.25. The van der Waals surface area contributed by atoms with Gasteiger partial charge in [0.05, 0.1) is 0 Å². The molecule has 0 aromatic carbocycles. The molecule has 0 bridgehead atoms. The maximum absolute atomic E-state index is 2.72. The summed E-state index contributed by atoms with van der Waals surface area (Å²) in [6.45, 7) is 17.2. The molecule has 0 spiro atoms. The molecule has 0 aromatic heterocycles. The largest absolute Gasteiger partial charge is 0.301 e. The van der Waals surface area contributed by atoms with Crippen molar-refractivity contribution in [2.75, 3.05) is 13.1 Å². The zero-order valence-electron chi connectivity index (χ0n) is 13.6. The third-order valence-corrected chi connectivity index (χ3v) is 5.51. The lowest BCUT2D eigenvalue weighted by atomic mass is 9.77. The molecule has 0 aliphatic carbocycles. The summed E-state index contributed by atoms with van der Waals surface area (Å²) in [6, 6.07) is 0.780. The number of piperidine rings is 1. The molecule has 0 radical (unpaired) electrons. The van der Waals surface area contributed by atoms with E-state index in [4.69, 9.17) is 0 Å². The van der Waals surface area contributed by atoms with Crippen molar-refractivity contribution in [3.05, 3.63) is 0 Å². The van der Waals surface area contributed by atoms with Crippen LogP contribution in [0.3, 0.4) is 0 Å². The topological polar surface area (TPSA) is 3.24 Å². The highest BCUT2D eigenvalue weighted by Crippen LogP contribution is 2.30. The Morgan fingerprint density at radius 2 is 1.33 bits per heavy atom. The Bertz CT molecular complexity index is 218. The Hall–Kier alpha value is -0.0400. The predicted octanol–water partition coefficient (Wildman–Crippen LogP) is 4.82. The average molecular weight is 253 g/mol. The van der Waals surface area contributed by atoms with Crippen molar-refractivity contribution in [2.45, 2.75) is 73.3 Å². The molecule has 0 N–H and O–H groups in total. The van der Waals surface area contributed by atoms with E-state index in [0.717, 1.165) is 29.7 Å². The van der Waals surface area contributed by atoms with Crippen molar-refractivity contribution in [1.82, 2.24) is 4.90 Å². The minimum absolute atomic E-state index is 0.780. The number of hydrogen-bond donors (Lipinski definition) is 0. The van der Waals surface area contributed by atoms with Gasteiger partial charge >= 0.3 is 0 Å². The Labute approximate surface area is 115 Å². The lowest BCUT2D eigenvalue weighted by Gasteiger charge is -2.36. The summed E-state index contributed by atoms with van der Waals surface area (Å²) in [4.78, 5) is 2.72. The van der Waals surface area contributed by atoms with Crippen LogP contribution in [0.1, 0.15) is 67.2 Å². The molecule has 1 aliphatic rings. The Balaban J connectivity index is 2.40. The van der Waals surface area contributed by atoms with E-state index in [1.807, 2.05) is 0 Å². The van der Waals surface area contributed by atoms with Gasteiger partial charge in [-0.05, 0) is 62.9 Å². The average Bonchev–Trinajstić information content (AvgIpc) is 2.37. The SMILES string of the molecule is CC(C)C(C)C(C)C(C)CC(C)N1CCCCC1. The minimum atomic E-state index is 0.780. The first-order valence-corrected chi connectivity index (χ1v) is 8.17. The molecule has 1 heteroatoms. The third-order valence-electron chi connectivity index (χ3n) is 5.51. The van der Waals surface area contributed by atoms with Crippen LogP contribution in [0, 0.1) is 23.7 Å². The maximum Gasteiger partial charge on any atom is 0.00695 e. The van der Waals surface area contributed by atoms with E-state index in [9.17, 15) is 0 Å². The van der Waals surface area contributed by atoms with Crippen LogP contribution < -0.4 is 0 Å². The molecule has 0 saturated carbocycles. The van der Waals surface area contributed by atoms with Gasteiger partial charge in [-0.25, -0.2) is 0 Å². The van der Waals surface area contributed by atoms with Crippen molar-refractivity contribution < 1.29 is 0 Å². The van der Waals surface area contributed by atoms with E-state index < -0.39 is 0 Å². The van der Waals surface area contributed by atoms with Gasteiger partial charge in [-0.3, -0.25) is 0 Å². The van der Waals surface area contributed by atoms with Gasteiger partial charge in [0, 0.05) is 6.04 Å². The molecule has 1 nitrogen and oxygen atoms in total. The second kappa shape index (κ2) is 7.53. The molecule has 0 amide bonds. The summed E-state index contributed by atoms with van der Waals surface area (Å²) in [5.41, 5.74) is 0. The fourth-order valence-corrected chi connectivity index (χ4v) is 3.39. The van der Waals surface area contributed by atoms with E-state index >= 15 is 0 Å². The maximum atomic E-state index is 2.72. The number of rotatable bonds is 6. The molecule has 1 fully saturated rings. The van der Waals surface area contributed by atoms with Crippen LogP contribution >= 0.6 is 0 Å². The quantitative estimate of drug-likeness (QED) is 0.656. The Kier molecular flexibility index (Phi) is 6.70. The standard InChI is InChI=1S/C17H35N/c1-13(2)16(5)17(6)14(3)12-15(4)18-10-8-7-9-11-18/h13-17H,7-12H2,1-6H3. The monoisotopic (exact) mass is 253 g/mol. The molecule has 18 heavy (non-hydrogen) atoms. The summed E-state index contributed by atoms with van der Waals surface area (Å²) in [5.74, 6) is 3.35. The van der Waals surface area contributed by atoms with Crippen molar-refractivity contribution in [1.29, 1.82) is 0 Å². The van der Waals surface area contributed by atoms with Gasteiger partial charge in [-0.15, -0.1) is 0 Å². The second-order valence-electron chi connectivity index (χ2n) is 7.12. The van der Waals surface area contributed by atoms with Gasteiger partial charge in [-0.1, -0.05) is 41.0 Å². The van der Waals surface area contributed by atoms with Crippen LogP contribution in [0.25, 0.3) is 0 Å². The highest BCUT2D eigenvalue weighted by atomic mass is 15.1. The molecule has 0 aromatic rings. The summed E-state index contributed by atoms with van der Waals surface area (Å²) in [5, 5.41) is 0. The predicted molar refractivity (Wildman–Crippen MR) is 81.8 cm³/mol. The Morgan fingerprint density at radius 1 is 0.778 bits per heavy atom. The fraction of sp³-hybridized carbons (Fsp3) is 1.00. The molecule has 4 unspecified atom stereocenters. The molecule has 4 atom stereocenters. The van der Waals surface area contributed by atoms with Gasteiger partial charge in [0.15, 0.2) is 0 Å². The lowest BCUT2D eigenvalue weighted by Crippen LogP contribution is -2.39. The summed E-state index contributed by atoms with van der Waals surface area (Å²) >= 11 is 0. The van der Waals surface area contributed by atoms with Crippen LogP contribution in [0.4, 0.5) is 0 Å². The Morgan fingerprint density at radius 3 is 1.83 bits per heavy atom. The number of likely N-dealkylation sites (tertiary alicyclic amines) is 1. The van der Waals surface area contributed by atoms with Crippen molar-refractivity contribution in [3.8, 4) is 0 Å². The molecular formula is C17H35N. The summed E-state index contributed by atoms with van der Waals surface area (Å²) < 4.78 is 0. The van der Waals surface area contributed by atoms with Crippen LogP contribution in [0.2, 0.25) is 0 Å². The van der Waals surface area contributed by atoms with E-state index in [-0.39, 0.29) is 0 Å². The first-order chi connectivity index (χ1) is 8.43. The second-order valence-corrected chi connectivity index (χ2v) is 7.12. The van der Waals surface area contributed by atoms with E-state index in [2.05, 4.69) is 46.4 Å². The summed E-state index contributed by atoms with van der Waals surface area (Å²) in [6.07, 6.45) is 5.64. The molecular weight excluding hydrogens is 218 g/mol. The van der Waals surface area contributed by atoms with Crippen LogP contribution in [-0.4, -0.2) is 24.0 Å². The van der Waals surface area contributed by atoms with Crippen molar-refractivity contribution >= 4 is 0 Å². The highest BCUT2D eigenvalue weighted by molar-refractivity contribution is 4.77. The lowest BCUT2D eigenvalue weighted by molar-refractivity contribution is 0.127.